The van der Waals surface area contributed by atoms with E-state index in [1.165, 1.54) is 0 Å². The summed E-state index contributed by atoms with van der Waals surface area (Å²) >= 11 is 0. The number of benzene rings is 1. The Balaban J connectivity index is 2.54. The van der Waals surface area contributed by atoms with Crippen molar-refractivity contribution in [3.05, 3.63) is 29.8 Å². The lowest BCUT2D eigenvalue weighted by Gasteiger charge is -2.11. The molecule has 0 spiro atoms. The smallest absolute Gasteiger partial charge is 0.248 e. The van der Waals surface area contributed by atoms with Crippen LogP contribution in [0.5, 0.6) is 0 Å². The molecule has 0 radical (unpaired) electrons. The van der Waals surface area contributed by atoms with Gasteiger partial charge in [0.2, 0.25) is 11.8 Å². The number of hydrogen-bond donors (Lipinski definition) is 3. The summed E-state index contributed by atoms with van der Waals surface area (Å²) in [5.41, 5.74) is 6.11. The van der Waals surface area contributed by atoms with Gasteiger partial charge >= 0.3 is 0 Å². The first-order valence-electron chi connectivity index (χ1n) is 5.96. The minimum Gasteiger partial charge on any atom is -0.366 e. The molecule has 4 N–H and O–H groups in total. The topological polar surface area (TPSA) is 84.2 Å². The van der Waals surface area contributed by atoms with Crippen molar-refractivity contribution in [3.8, 4) is 0 Å². The molecule has 0 aliphatic rings. The number of primary amides is 1. The van der Waals surface area contributed by atoms with Gasteiger partial charge in [0.15, 0.2) is 0 Å². The first-order valence-corrected chi connectivity index (χ1v) is 5.96. The van der Waals surface area contributed by atoms with Gasteiger partial charge in [0.25, 0.3) is 0 Å². The molecule has 1 rings (SSSR count). The van der Waals surface area contributed by atoms with Crippen LogP contribution in [0.2, 0.25) is 0 Å². The number of amides is 2. The summed E-state index contributed by atoms with van der Waals surface area (Å²) in [6, 6.07) is 6.86. The minimum atomic E-state index is -0.510. The Morgan fingerprint density at radius 1 is 1.39 bits per heavy atom. The lowest BCUT2D eigenvalue weighted by molar-refractivity contribution is -0.115. The fourth-order valence-corrected chi connectivity index (χ4v) is 1.37. The van der Waals surface area contributed by atoms with E-state index in [0.29, 0.717) is 17.3 Å². The highest BCUT2D eigenvalue weighted by molar-refractivity contribution is 5.96. The van der Waals surface area contributed by atoms with E-state index in [-0.39, 0.29) is 12.5 Å². The number of rotatable bonds is 6. The largest absolute Gasteiger partial charge is 0.366 e. The van der Waals surface area contributed by atoms with E-state index in [0.717, 1.165) is 6.42 Å². The third kappa shape index (κ3) is 4.55. The zero-order chi connectivity index (χ0) is 13.5. The van der Waals surface area contributed by atoms with E-state index in [4.69, 9.17) is 5.73 Å². The molecule has 5 nitrogen and oxygen atoms in total. The second kappa shape index (κ2) is 6.76. The summed E-state index contributed by atoms with van der Waals surface area (Å²) < 4.78 is 0. The van der Waals surface area contributed by atoms with E-state index in [9.17, 15) is 9.59 Å². The Bertz CT molecular complexity index is 432. The van der Waals surface area contributed by atoms with Crippen molar-refractivity contribution >= 4 is 17.5 Å². The van der Waals surface area contributed by atoms with Gasteiger partial charge in [-0.1, -0.05) is 13.0 Å². The first kappa shape index (κ1) is 14.2. The van der Waals surface area contributed by atoms with Crippen LogP contribution in [-0.4, -0.2) is 24.4 Å². The maximum atomic E-state index is 11.6. The highest BCUT2D eigenvalue weighted by Crippen LogP contribution is 2.09. The molecule has 0 saturated carbocycles. The Labute approximate surface area is 107 Å². The molecular formula is C13H19N3O2. The fourth-order valence-electron chi connectivity index (χ4n) is 1.37. The molecule has 0 fully saturated rings. The van der Waals surface area contributed by atoms with Crippen molar-refractivity contribution in [2.45, 2.75) is 26.3 Å². The summed E-state index contributed by atoms with van der Waals surface area (Å²) in [7, 11) is 0. The molecular weight excluding hydrogens is 230 g/mol. The Hall–Kier alpha value is -1.88. The summed E-state index contributed by atoms with van der Waals surface area (Å²) in [5.74, 6) is -0.652. The summed E-state index contributed by atoms with van der Waals surface area (Å²) in [4.78, 5) is 22.6. The molecule has 1 unspecified atom stereocenters. The molecule has 1 aromatic rings. The van der Waals surface area contributed by atoms with Crippen LogP contribution in [-0.2, 0) is 4.79 Å². The molecule has 1 atom stereocenters. The van der Waals surface area contributed by atoms with Crippen molar-refractivity contribution in [3.63, 3.8) is 0 Å². The first-order chi connectivity index (χ1) is 8.52. The van der Waals surface area contributed by atoms with Crippen molar-refractivity contribution in [2.24, 2.45) is 5.73 Å². The second-order valence-corrected chi connectivity index (χ2v) is 4.18. The average Bonchev–Trinajstić information content (AvgIpc) is 2.36. The van der Waals surface area contributed by atoms with Crippen LogP contribution in [0.15, 0.2) is 24.3 Å². The van der Waals surface area contributed by atoms with E-state index in [1.54, 1.807) is 24.3 Å². The van der Waals surface area contributed by atoms with Crippen LogP contribution < -0.4 is 16.4 Å². The van der Waals surface area contributed by atoms with Gasteiger partial charge in [-0.15, -0.1) is 0 Å². The molecule has 98 valence electrons. The number of nitrogens with one attached hydrogen (secondary N) is 2. The second-order valence-electron chi connectivity index (χ2n) is 4.18. The Kier molecular flexibility index (Phi) is 5.32. The number of nitrogens with two attached hydrogens (primary N) is 1. The van der Waals surface area contributed by atoms with Crippen LogP contribution in [0, 0.1) is 0 Å². The predicted molar refractivity (Wildman–Crippen MR) is 71.3 cm³/mol. The van der Waals surface area contributed by atoms with Gasteiger partial charge in [0, 0.05) is 17.3 Å². The van der Waals surface area contributed by atoms with Crippen molar-refractivity contribution in [1.29, 1.82) is 0 Å². The number of hydrogen-bond acceptors (Lipinski definition) is 3. The van der Waals surface area contributed by atoms with E-state index < -0.39 is 5.91 Å². The Morgan fingerprint density at radius 3 is 2.72 bits per heavy atom. The molecule has 2 amide bonds. The fraction of sp³-hybridized carbons (Fsp3) is 0.385. The number of carbonyl (C=O) groups excluding carboxylic acids is 2. The molecule has 18 heavy (non-hydrogen) atoms. The van der Waals surface area contributed by atoms with E-state index in [1.807, 2.05) is 13.8 Å². The SMILES string of the molecule is CCC(C)NCC(=O)Nc1cccc(C(N)=O)c1. The summed E-state index contributed by atoms with van der Waals surface area (Å²) in [5, 5.41) is 5.79. The molecule has 0 saturated heterocycles. The van der Waals surface area contributed by atoms with Crippen molar-refractivity contribution in [1.82, 2.24) is 5.32 Å². The Morgan fingerprint density at radius 2 is 2.11 bits per heavy atom. The van der Waals surface area contributed by atoms with Crippen LogP contribution in [0.4, 0.5) is 5.69 Å². The van der Waals surface area contributed by atoms with Crippen LogP contribution in [0.1, 0.15) is 30.6 Å². The van der Waals surface area contributed by atoms with Gasteiger partial charge in [-0.3, -0.25) is 9.59 Å². The average molecular weight is 249 g/mol. The van der Waals surface area contributed by atoms with Gasteiger partial charge in [0.05, 0.1) is 6.54 Å². The summed E-state index contributed by atoms with van der Waals surface area (Å²) in [6.07, 6.45) is 0.963. The van der Waals surface area contributed by atoms with Crippen LogP contribution >= 0.6 is 0 Å². The molecule has 5 heteroatoms. The number of carbonyl (C=O) groups is 2. The van der Waals surface area contributed by atoms with Gasteiger partial charge in [-0.25, -0.2) is 0 Å². The molecule has 0 aliphatic heterocycles. The predicted octanol–water partition coefficient (Wildman–Crippen LogP) is 1.11. The molecule has 1 aromatic carbocycles. The highest BCUT2D eigenvalue weighted by Gasteiger charge is 2.06. The molecule has 0 heterocycles. The molecule has 0 aromatic heterocycles. The van der Waals surface area contributed by atoms with Gasteiger partial charge < -0.3 is 16.4 Å². The number of anilines is 1. The summed E-state index contributed by atoms with van der Waals surface area (Å²) in [6.45, 7) is 4.31. The van der Waals surface area contributed by atoms with Crippen LogP contribution in [0.25, 0.3) is 0 Å². The van der Waals surface area contributed by atoms with Crippen molar-refractivity contribution in [2.75, 3.05) is 11.9 Å². The zero-order valence-corrected chi connectivity index (χ0v) is 10.7. The third-order valence-corrected chi connectivity index (χ3v) is 2.65. The van der Waals surface area contributed by atoms with Gasteiger partial charge in [-0.2, -0.15) is 0 Å². The van der Waals surface area contributed by atoms with Crippen molar-refractivity contribution < 1.29 is 9.59 Å². The van der Waals surface area contributed by atoms with Crippen LogP contribution in [0.3, 0.4) is 0 Å². The minimum absolute atomic E-state index is 0.142. The lowest BCUT2D eigenvalue weighted by Crippen LogP contribution is -2.34. The lowest BCUT2D eigenvalue weighted by atomic mass is 10.2. The van der Waals surface area contributed by atoms with E-state index in [2.05, 4.69) is 10.6 Å². The standard InChI is InChI=1S/C13H19N3O2/c1-3-9(2)15-8-12(17)16-11-6-4-5-10(7-11)13(14)18/h4-7,9,15H,3,8H2,1-2H3,(H2,14,18)(H,16,17). The normalized spacial score (nSPS) is 11.9. The monoisotopic (exact) mass is 249 g/mol. The maximum absolute atomic E-state index is 11.6. The molecule has 0 aliphatic carbocycles. The highest BCUT2D eigenvalue weighted by atomic mass is 16.2. The third-order valence-electron chi connectivity index (χ3n) is 2.65. The van der Waals surface area contributed by atoms with Gasteiger partial charge in [0.1, 0.15) is 0 Å². The quantitative estimate of drug-likeness (QED) is 0.706. The van der Waals surface area contributed by atoms with Gasteiger partial charge in [-0.05, 0) is 31.5 Å². The zero-order valence-electron chi connectivity index (χ0n) is 10.7. The molecule has 0 bridgehead atoms. The maximum Gasteiger partial charge on any atom is 0.248 e. The van der Waals surface area contributed by atoms with E-state index >= 15 is 0 Å².